The zero-order chi connectivity index (χ0) is 9.97. The van der Waals surface area contributed by atoms with E-state index in [2.05, 4.69) is 0 Å². The van der Waals surface area contributed by atoms with Crippen molar-refractivity contribution in [3.8, 4) is 0 Å². The van der Waals surface area contributed by atoms with Crippen LogP contribution in [-0.4, -0.2) is 20.3 Å². The molecule has 14 heavy (non-hydrogen) atoms. The average Bonchev–Trinajstić information content (AvgIpc) is 2.51. The first kappa shape index (κ1) is 10.0. The molecule has 2 atom stereocenters. The van der Waals surface area contributed by atoms with E-state index in [9.17, 15) is 0 Å². The van der Waals surface area contributed by atoms with Crippen molar-refractivity contribution in [1.29, 1.82) is 0 Å². The normalized spacial score (nSPS) is 32.7. The van der Waals surface area contributed by atoms with Crippen LogP contribution in [0.1, 0.15) is 38.5 Å². The van der Waals surface area contributed by atoms with Crippen molar-refractivity contribution in [3.05, 3.63) is 11.3 Å². The summed E-state index contributed by atoms with van der Waals surface area (Å²) in [5.74, 6) is 1.97. The third kappa shape index (κ3) is 1.68. The Labute approximate surface area is 86.3 Å². The van der Waals surface area contributed by atoms with E-state index in [0.29, 0.717) is 6.10 Å². The Morgan fingerprint density at radius 2 is 1.93 bits per heavy atom. The maximum Gasteiger partial charge on any atom is 0.0976 e. The van der Waals surface area contributed by atoms with Gasteiger partial charge in [-0.2, -0.15) is 0 Å². The largest absolute Gasteiger partial charge is 0.501 e. The van der Waals surface area contributed by atoms with E-state index in [1.54, 1.807) is 7.11 Å². The molecule has 0 saturated heterocycles. The molecule has 0 aromatic carbocycles. The predicted octanol–water partition coefficient (Wildman–Crippen LogP) is 2.89. The van der Waals surface area contributed by atoms with E-state index in [0.717, 1.165) is 12.3 Å². The first-order valence-electron chi connectivity index (χ1n) is 5.66. The summed E-state index contributed by atoms with van der Waals surface area (Å²) in [6.45, 7) is 0. The molecular formula is C12H20O2. The van der Waals surface area contributed by atoms with Crippen molar-refractivity contribution >= 4 is 0 Å². The fourth-order valence-corrected chi connectivity index (χ4v) is 2.92. The molecule has 80 valence electrons. The molecule has 0 spiro atoms. The van der Waals surface area contributed by atoms with Gasteiger partial charge in [-0.25, -0.2) is 0 Å². The third-order valence-electron chi connectivity index (χ3n) is 3.62. The van der Waals surface area contributed by atoms with Gasteiger partial charge in [-0.05, 0) is 37.2 Å². The van der Waals surface area contributed by atoms with E-state index in [4.69, 9.17) is 9.47 Å². The molecule has 2 unspecified atom stereocenters. The average molecular weight is 196 g/mol. The van der Waals surface area contributed by atoms with Gasteiger partial charge in [-0.1, -0.05) is 6.42 Å². The number of ether oxygens (including phenoxy) is 2. The summed E-state index contributed by atoms with van der Waals surface area (Å²) in [5.41, 5.74) is 1.48. The molecule has 2 rings (SSSR count). The highest BCUT2D eigenvalue weighted by Gasteiger charge is 2.34. The molecule has 0 radical (unpaired) electrons. The number of rotatable bonds is 2. The lowest BCUT2D eigenvalue weighted by Crippen LogP contribution is -2.12. The van der Waals surface area contributed by atoms with Crippen molar-refractivity contribution < 1.29 is 9.47 Å². The smallest absolute Gasteiger partial charge is 0.0976 e. The quantitative estimate of drug-likeness (QED) is 0.676. The number of allylic oxidation sites excluding steroid dienone is 1. The molecule has 0 bridgehead atoms. The molecule has 2 aliphatic rings. The van der Waals surface area contributed by atoms with Gasteiger partial charge in [-0.15, -0.1) is 0 Å². The summed E-state index contributed by atoms with van der Waals surface area (Å²) in [6, 6.07) is 0. The van der Waals surface area contributed by atoms with Crippen LogP contribution in [0.5, 0.6) is 0 Å². The van der Waals surface area contributed by atoms with Crippen molar-refractivity contribution in [3.63, 3.8) is 0 Å². The molecule has 0 aromatic rings. The summed E-state index contributed by atoms with van der Waals surface area (Å²) in [4.78, 5) is 0. The van der Waals surface area contributed by atoms with Gasteiger partial charge in [-0.3, -0.25) is 0 Å². The van der Waals surface area contributed by atoms with Gasteiger partial charge in [0.05, 0.1) is 19.0 Å². The SMILES string of the molecule is COC1=C2C(CCCC1)CCC2OC. The van der Waals surface area contributed by atoms with Crippen molar-refractivity contribution in [2.45, 2.75) is 44.6 Å². The summed E-state index contributed by atoms with van der Waals surface area (Å²) >= 11 is 0. The molecule has 1 saturated carbocycles. The fraction of sp³-hybridized carbons (Fsp3) is 0.833. The Hall–Kier alpha value is -0.500. The Morgan fingerprint density at radius 1 is 1.07 bits per heavy atom. The highest BCUT2D eigenvalue weighted by molar-refractivity contribution is 5.22. The molecule has 2 aliphatic carbocycles. The van der Waals surface area contributed by atoms with Crippen LogP contribution in [-0.2, 0) is 9.47 Å². The van der Waals surface area contributed by atoms with Crippen LogP contribution in [0.15, 0.2) is 11.3 Å². The second-order valence-corrected chi connectivity index (χ2v) is 4.33. The lowest BCUT2D eigenvalue weighted by atomic mass is 9.98. The maximum absolute atomic E-state index is 5.53. The van der Waals surface area contributed by atoms with Gasteiger partial charge in [0.2, 0.25) is 0 Å². The molecule has 2 heteroatoms. The van der Waals surface area contributed by atoms with Crippen LogP contribution < -0.4 is 0 Å². The minimum atomic E-state index is 0.341. The van der Waals surface area contributed by atoms with E-state index in [1.165, 1.54) is 43.4 Å². The van der Waals surface area contributed by atoms with Crippen LogP contribution in [0.2, 0.25) is 0 Å². The second-order valence-electron chi connectivity index (χ2n) is 4.33. The molecule has 0 amide bonds. The number of hydrogen-bond acceptors (Lipinski definition) is 2. The van der Waals surface area contributed by atoms with Gasteiger partial charge in [0.25, 0.3) is 0 Å². The van der Waals surface area contributed by atoms with Crippen LogP contribution >= 0.6 is 0 Å². The van der Waals surface area contributed by atoms with Crippen LogP contribution in [0.25, 0.3) is 0 Å². The highest BCUT2D eigenvalue weighted by atomic mass is 16.5. The minimum absolute atomic E-state index is 0.341. The van der Waals surface area contributed by atoms with Gasteiger partial charge in [0, 0.05) is 13.5 Å². The lowest BCUT2D eigenvalue weighted by Gasteiger charge is -2.17. The zero-order valence-corrected chi connectivity index (χ0v) is 9.21. The molecule has 0 heterocycles. The van der Waals surface area contributed by atoms with Crippen LogP contribution in [0.3, 0.4) is 0 Å². The Balaban J connectivity index is 2.26. The Morgan fingerprint density at radius 3 is 2.64 bits per heavy atom. The van der Waals surface area contributed by atoms with Crippen molar-refractivity contribution in [1.82, 2.24) is 0 Å². The van der Waals surface area contributed by atoms with Crippen LogP contribution in [0, 0.1) is 5.92 Å². The van der Waals surface area contributed by atoms with Crippen LogP contribution in [0.4, 0.5) is 0 Å². The standard InChI is InChI=1S/C12H20O2/c1-13-10-6-4-3-5-9-7-8-11(14-2)12(9)10/h9,11H,3-8H2,1-2H3. The second kappa shape index (κ2) is 4.35. The van der Waals surface area contributed by atoms with Gasteiger partial charge in [0.1, 0.15) is 0 Å². The summed E-state index contributed by atoms with van der Waals surface area (Å²) in [7, 11) is 3.62. The van der Waals surface area contributed by atoms with E-state index in [1.807, 2.05) is 7.11 Å². The number of hydrogen-bond donors (Lipinski definition) is 0. The first-order valence-corrected chi connectivity index (χ1v) is 5.66. The number of fused-ring (bicyclic) bond motifs is 1. The summed E-state index contributed by atoms with van der Waals surface area (Å²) in [5, 5.41) is 0. The monoisotopic (exact) mass is 196 g/mol. The molecular weight excluding hydrogens is 176 g/mol. The molecule has 2 nitrogen and oxygen atoms in total. The van der Waals surface area contributed by atoms with E-state index >= 15 is 0 Å². The maximum atomic E-state index is 5.53. The minimum Gasteiger partial charge on any atom is -0.501 e. The first-order chi connectivity index (χ1) is 6.86. The van der Waals surface area contributed by atoms with Gasteiger partial charge >= 0.3 is 0 Å². The molecule has 0 N–H and O–H groups in total. The summed E-state index contributed by atoms with van der Waals surface area (Å²) < 4.78 is 11.0. The lowest BCUT2D eigenvalue weighted by molar-refractivity contribution is 0.129. The van der Waals surface area contributed by atoms with Gasteiger partial charge < -0.3 is 9.47 Å². The van der Waals surface area contributed by atoms with Crippen molar-refractivity contribution in [2.24, 2.45) is 5.92 Å². The molecule has 0 aromatic heterocycles. The topological polar surface area (TPSA) is 18.5 Å². The summed E-state index contributed by atoms with van der Waals surface area (Å²) in [6.07, 6.45) is 7.89. The Bertz CT molecular complexity index is 232. The predicted molar refractivity (Wildman–Crippen MR) is 56.0 cm³/mol. The van der Waals surface area contributed by atoms with Gasteiger partial charge in [0.15, 0.2) is 0 Å². The third-order valence-corrected chi connectivity index (χ3v) is 3.62. The molecule has 0 aliphatic heterocycles. The molecule has 1 fully saturated rings. The van der Waals surface area contributed by atoms with E-state index < -0.39 is 0 Å². The zero-order valence-electron chi connectivity index (χ0n) is 9.21. The van der Waals surface area contributed by atoms with Crippen molar-refractivity contribution in [2.75, 3.05) is 14.2 Å². The fourth-order valence-electron chi connectivity index (χ4n) is 2.92. The number of methoxy groups -OCH3 is 2. The Kier molecular flexibility index (Phi) is 3.12. The highest BCUT2D eigenvalue weighted by Crippen LogP contribution is 2.41. The van der Waals surface area contributed by atoms with E-state index in [-0.39, 0.29) is 0 Å².